The minimum Gasteiger partial charge on any atom is -0.322 e. The molecule has 0 atom stereocenters. The summed E-state index contributed by atoms with van der Waals surface area (Å²) in [5.41, 5.74) is 4.56. The summed E-state index contributed by atoms with van der Waals surface area (Å²) in [7, 11) is 1.96. The maximum Gasteiger partial charge on any atom is 0.111 e. The number of aryl methyl sites for hydroxylation is 3. The third kappa shape index (κ3) is 2.31. The van der Waals surface area contributed by atoms with E-state index >= 15 is 0 Å². The van der Waals surface area contributed by atoms with Gasteiger partial charge in [-0.1, -0.05) is 6.07 Å². The molecule has 0 aliphatic rings. The van der Waals surface area contributed by atoms with Gasteiger partial charge in [0.05, 0.1) is 23.3 Å². The van der Waals surface area contributed by atoms with Crippen LogP contribution in [0.5, 0.6) is 0 Å². The van der Waals surface area contributed by atoms with Crippen LogP contribution >= 0.6 is 11.6 Å². The minimum atomic E-state index is 0.577. The molecule has 0 bridgehead atoms. The molecule has 0 spiro atoms. The number of hydrogen-bond acceptors (Lipinski definition) is 2. The van der Waals surface area contributed by atoms with Gasteiger partial charge in [-0.05, 0) is 30.7 Å². The fourth-order valence-corrected chi connectivity index (χ4v) is 2.63. The lowest BCUT2D eigenvalue weighted by atomic mass is 10.2. The van der Waals surface area contributed by atoms with E-state index < -0.39 is 0 Å². The maximum absolute atomic E-state index is 5.91. The third-order valence-electron chi connectivity index (χ3n) is 3.54. The van der Waals surface area contributed by atoms with Gasteiger partial charge in [-0.25, -0.2) is 4.98 Å². The molecular weight excluding hydrogens is 272 g/mol. The molecule has 20 heavy (non-hydrogen) atoms. The van der Waals surface area contributed by atoms with Crippen LogP contribution in [-0.2, 0) is 20.0 Å². The average molecular weight is 289 g/mol. The van der Waals surface area contributed by atoms with Crippen molar-refractivity contribution in [2.45, 2.75) is 19.9 Å². The second-order valence-corrected chi connectivity index (χ2v) is 5.37. The monoisotopic (exact) mass is 288 g/mol. The number of hydrogen-bond donors (Lipinski definition) is 0. The van der Waals surface area contributed by atoms with E-state index in [0.29, 0.717) is 5.88 Å². The Morgan fingerprint density at radius 1 is 1.25 bits per heavy atom. The number of aromatic nitrogens is 4. The molecule has 0 aliphatic carbocycles. The third-order valence-corrected chi connectivity index (χ3v) is 3.73. The van der Waals surface area contributed by atoms with Crippen LogP contribution in [0.4, 0.5) is 0 Å². The number of rotatable bonds is 4. The first-order chi connectivity index (χ1) is 9.69. The summed E-state index contributed by atoms with van der Waals surface area (Å²) in [4.78, 5) is 4.72. The molecule has 5 heteroatoms. The van der Waals surface area contributed by atoms with Crippen LogP contribution in [0.25, 0.3) is 11.0 Å². The summed E-state index contributed by atoms with van der Waals surface area (Å²) in [5.74, 6) is 1.61. The predicted molar refractivity (Wildman–Crippen MR) is 81.2 cm³/mol. The fourth-order valence-electron chi connectivity index (χ4n) is 2.46. The summed E-state index contributed by atoms with van der Waals surface area (Å²) < 4.78 is 4.12. The van der Waals surface area contributed by atoms with E-state index in [-0.39, 0.29) is 0 Å². The number of nitrogens with zero attached hydrogens (tertiary/aromatic N) is 4. The zero-order valence-electron chi connectivity index (χ0n) is 11.7. The number of alkyl halides is 1. The first kappa shape index (κ1) is 13.2. The van der Waals surface area contributed by atoms with Crippen LogP contribution in [0.15, 0.2) is 30.5 Å². The summed E-state index contributed by atoms with van der Waals surface area (Å²) in [6.45, 7) is 2.85. The number of benzene rings is 1. The highest BCUT2D eigenvalue weighted by molar-refractivity contribution is 6.17. The Kier molecular flexibility index (Phi) is 3.49. The molecule has 0 aliphatic heterocycles. The standard InChI is InChI=1S/C15H17ClN4/c1-11-3-4-14-13(9-11)18-15(5-7-16)20(14)10-12-6-8-17-19(12)2/h3-4,6,8-9H,5,7,10H2,1-2H3. The van der Waals surface area contributed by atoms with Crippen molar-refractivity contribution in [3.8, 4) is 0 Å². The fraction of sp³-hybridized carbons (Fsp3) is 0.333. The van der Waals surface area contributed by atoms with Crippen LogP contribution < -0.4 is 0 Å². The zero-order chi connectivity index (χ0) is 14.1. The Morgan fingerprint density at radius 3 is 2.80 bits per heavy atom. The summed E-state index contributed by atoms with van der Waals surface area (Å²) in [5, 5.41) is 4.22. The Bertz CT molecular complexity index is 741. The first-order valence-corrected chi connectivity index (χ1v) is 7.21. The van der Waals surface area contributed by atoms with Crippen LogP contribution in [0.2, 0.25) is 0 Å². The van der Waals surface area contributed by atoms with Crippen molar-refractivity contribution in [1.82, 2.24) is 19.3 Å². The smallest absolute Gasteiger partial charge is 0.111 e. The van der Waals surface area contributed by atoms with Crippen molar-refractivity contribution in [3.63, 3.8) is 0 Å². The summed E-state index contributed by atoms with van der Waals surface area (Å²) in [6.07, 6.45) is 2.59. The Balaban J connectivity index is 2.11. The second-order valence-electron chi connectivity index (χ2n) is 4.99. The van der Waals surface area contributed by atoms with Crippen molar-refractivity contribution in [2.24, 2.45) is 7.05 Å². The van der Waals surface area contributed by atoms with Crippen LogP contribution in [0.3, 0.4) is 0 Å². The van der Waals surface area contributed by atoms with Crippen molar-refractivity contribution < 1.29 is 0 Å². The van der Waals surface area contributed by atoms with Crippen molar-refractivity contribution in [1.29, 1.82) is 0 Å². The molecular formula is C15H17ClN4. The molecule has 0 N–H and O–H groups in total. The van der Waals surface area contributed by atoms with Gasteiger partial charge in [-0.3, -0.25) is 4.68 Å². The van der Waals surface area contributed by atoms with Gasteiger partial charge in [-0.2, -0.15) is 5.10 Å². The topological polar surface area (TPSA) is 35.6 Å². The van der Waals surface area contributed by atoms with E-state index in [2.05, 4.69) is 34.8 Å². The number of imidazole rings is 1. The molecule has 2 aromatic heterocycles. The maximum atomic E-state index is 5.91. The van der Waals surface area contributed by atoms with Crippen LogP contribution in [-0.4, -0.2) is 25.2 Å². The van der Waals surface area contributed by atoms with Gasteiger partial charge in [0.25, 0.3) is 0 Å². The average Bonchev–Trinajstić information content (AvgIpc) is 2.96. The summed E-state index contributed by atoms with van der Waals surface area (Å²) >= 11 is 5.91. The lowest BCUT2D eigenvalue weighted by Gasteiger charge is -2.09. The number of fused-ring (bicyclic) bond motifs is 1. The largest absolute Gasteiger partial charge is 0.322 e. The lowest BCUT2D eigenvalue weighted by molar-refractivity contribution is 0.657. The Hall–Kier alpha value is -1.81. The molecule has 0 unspecified atom stereocenters. The highest BCUT2D eigenvalue weighted by atomic mass is 35.5. The SMILES string of the molecule is Cc1ccc2c(c1)nc(CCCl)n2Cc1ccnn1C. The Labute approximate surface area is 123 Å². The predicted octanol–water partition coefficient (Wildman–Crippen LogP) is 2.91. The van der Waals surface area contributed by atoms with Gasteiger partial charge in [0.1, 0.15) is 5.82 Å². The quantitative estimate of drug-likeness (QED) is 0.692. The van der Waals surface area contributed by atoms with E-state index in [4.69, 9.17) is 16.6 Å². The van der Waals surface area contributed by atoms with Gasteiger partial charge in [0.15, 0.2) is 0 Å². The van der Waals surface area contributed by atoms with Crippen molar-refractivity contribution in [3.05, 3.63) is 47.5 Å². The highest BCUT2D eigenvalue weighted by Gasteiger charge is 2.12. The van der Waals surface area contributed by atoms with Crippen molar-refractivity contribution in [2.75, 3.05) is 5.88 Å². The van der Waals surface area contributed by atoms with E-state index in [1.54, 1.807) is 0 Å². The van der Waals surface area contributed by atoms with Crippen LogP contribution in [0, 0.1) is 6.92 Å². The van der Waals surface area contributed by atoms with Crippen LogP contribution in [0.1, 0.15) is 17.1 Å². The zero-order valence-corrected chi connectivity index (χ0v) is 12.4. The van der Waals surface area contributed by atoms with Gasteiger partial charge in [0.2, 0.25) is 0 Å². The molecule has 0 saturated carbocycles. The van der Waals surface area contributed by atoms with Gasteiger partial charge in [0, 0.05) is 25.5 Å². The highest BCUT2D eigenvalue weighted by Crippen LogP contribution is 2.20. The molecule has 0 saturated heterocycles. The molecule has 4 nitrogen and oxygen atoms in total. The normalized spacial score (nSPS) is 11.3. The second kappa shape index (κ2) is 5.29. The van der Waals surface area contributed by atoms with Gasteiger partial charge >= 0.3 is 0 Å². The lowest BCUT2D eigenvalue weighted by Crippen LogP contribution is -2.09. The minimum absolute atomic E-state index is 0.577. The molecule has 1 aromatic carbocycles. The van der Waals surface area contributed by atoms with E-state index in [1.165, 1.54) is 5.56 Å². The molecule has 0 amide bonds. The van der Waals surface area contributed by atoms with Gasteiger partial charge in [-0.15, -0.1) is 11.6 Å². The van der Waals surface area contributed by atoms with Gasteiger partial charge < -0.3 is 4.57 Å². The van der Waals surface area contributed by atoms with Crippen molar-refractivity contribution >= 4 is 22.6 Å². The first-order valence-electron chi connectivity index (χ1n) is 6.67. The Morgan fingerprint density at radius 2 is 2.10 bits per heavy atom. The molecule has 3 aromatic rings. The van der Waals surface area contributed by atoms with E-state index in [9.17, 15) is 0 Å². The summed E-state index contributed by atoms with van der Waals surface area (Å²) in [6, 6.07) is 8.40. The molecule has 0 radical (unpaired) electrons. The number of halogens is 1. The molecule has 0 fully saturated rings. The molecule has 3 rings (SSSR count). The van der Waals surface area contributed by atoms with E-state index in [1.807, 2.05) is 24.0 Å². The van der Waals surface area contributed by atoms with E-state index in [0.717, 1.165) is 35.5 Å². The molecule has 104 valence electrons. The molecule has 2 heterocycles.